The van der Waals surface area contributed by atoms with Crippen LogP contribution in [0, 0.1) is 0 Å². The summed E-state index contributed by atoms with van der Waals surface area (Å²) in [5.41, 5.74) is 3.56. The van der Waals surface area contributed by atoms with E-state index in [4.69, 9.17) is 4.52 Å². The van der Waals surface area contributed by atoms with Gasteiger partial charge in [-0.3, -0.25) is 0 Å². The van der Waals surface area contributed by atoms with Crippen LogP contribution in [0.4, 0.5) is 5.69 Å². The first-order valence-corrected chi connectivity index (χ1v) is 8.34. The standard InChI is InChI=1S/C16H21N3OS/c1-16(2,3)21-10-14-18-15(20-19-14)12-6-4-8-13-11(12)7-5-9-17-13/h4,6,8,17H,5,7,9-10H2,1-3H3. The van der Waals surface area contributed by atoms with Crippen molar-refractivity contribution in [3.63, 3.8) is 0 Å². The minimum atomic E-state index is 0.205. The molecule has 0 saturated heterocycles. The zero-order valence-electron chi connectivity index (χ0n) is 12.8. The van der Waals surface area contributed by atoms with Crippen LogP contribution in [0.2, 0.25) is 0 Å². The van der Waals surface area contributed by atoms with E-state index in [1.165, 1.54) is 11.3 Å². The summed E-state index contributed by atoms with van der Waals surface area (Å²) in [6, 6.07) is 6.23. The maximum atomic E-state index is 5.48. The predicted octanol–water partition coefficient (Wildman–Crippen LogP) is 4.13. The van der Waals surface area contributed by atoms with Gasteiger partial charge >= 0.3 is 0 Å². The van der Waals surface area contributed by atoms with Crippen LogP contribution in [0.25, 0.3) is 11.5 Å². The van der Waals surface area contributed by atoms with E-state index in [-0.39, 0.29) is 4.75 Å². The molecular formula is C16H21N3OS. The smallest absolute Gasteiger partial charge is 0.258 e. The fourth-order valence-corrected chi connectivity index (χ4v) is 3.09. The Kier molecular flexibility index (Phi) is 3.93. The summed E-state index contributed by atoms with van der Waals surface area (Å²) in [6.45, 7) is 7.61. The lowest BCUT2D eigenvalue weighted by atomic mass is 9.97. The topological polar surface area (TPSA) is 51.0 Å². The zero-order valence-corrected chi connectivity index (χ0v) is 13.6. The molecule has 2 aromatic rings. The second-order valence-electron chi connectivity index (χ2n) is 6.28. The summed E-state index contributed by atoms with van der Waals surface area (Å²) in [5.74, 6) is 2.19. The predicted molar refractivity (Wildman–Crippen MR) is 87.6 cm³/mol. The van der Waals surface area contributed by atoms with E-state index < -0.39 is 0 Å². The number of hydrogen-bond acceptors (Lipinski definition) is 5. The van der Waals surface area contributed by atoms with E-state index in [1.807, 2.05) is 17.8 Å². The molecule has 0 fully saturated rings. The van der Waals surface area contributed by atoms with Crippen LogP contribution in [0.15, 0.2) is 22.7 Å². The monoisotopic (exact) mass is 303 g/mol. The van der Waals surface area contributed by atoms with Gasteiger partial charge in [0.05, 0.1) is 5.75 Å². The number of nitrogens with one attached hydrogen (secondary N) is 1. The lowest BCUT2D eigenvalue weighted by Gasteiger charge is -2.19. The molecule has 21 heavy (non-hydrogen) atoms. The van der Waals surface area contributed by atoms with Crippen LogP contribution in [0.1, 0.15) is 38.6 Å². The lowest BCUT2D eigenvalue weighted by Crippen LogP contribution is -2.12. The number of rotatable bonds is 3. The molecule has 0 unspecified atom stereocenters. The quantitative estimate of drug-likeness (QED) is 0.924. The summed E-state index contributed by atoms with van der Waals surface area (Å²) in [7, 11) is 0. The Labute approximate surface area is 129 Å². The van der Waals surface area contributed by atoms with Crippen molar-refractivity contribution in [3.8, 4) is 11.5 Å². The minimum absolute atomic E-state index is 0.205. The van der Waals surface area contributed by atoms with Crippen LogP contribution in [0.3, 0.4) is 0 Å². The van der Waals surface area contributed by atoms with Gasteiger partial charge in [0.15, 0.2) is 5.82 Å². The van der Waals surface area contributed by atoms with Crippen LogP contribution in [-0.4, -0.2) is 21.4 Å². The Hall–Kier alpha value is -1.49. The van der Waals surface area contributed by atoms with E-state index in [9.17, 15) is 0 Å². The number of benzene rings is 1. The van der Waals surface area contributed by atoms with Gasteiger partial charge in [-0.2, -0.15) is 4.98 Å². The molecule has 1 N–H and O–H groups in total. The Morgan fingerprint density at radius 2 is 2.19 bits per heavy atom. The maximum Gasteiger partial charge on any atom is 0.258 e. The molecule has 0 radical (unpaired) electrons. The van der Waals surface area contributed by atoms with E-state index in [1.54, 1.807) is 0 Å². The molecule has 0 amide bonds. The molecule has 5 heteroatoms. The number of anilines is 1. The highest BCUT2D eigenvalue weighted by molar-refractivity contribution is 7.99. The van der Waals surface area contributed by atoms with Crippen molar-refractivity contribution in [1.82, 2.24) is 10.1 Å². The van der Waals surface area contributed by atoms with Crippen LogP contribution >= 0.6 is 11.8 Å². The summed E-state index contributed by atoms with van der Waals surface area (Å²) in [5, 5.41) is 7.55. The van der Waals surface area contributed by atoms with Crippen LogP contribution < -0.4 is 5.32 Å². The number of nitrogens with zero attached hydrogens (tertiary/aromatic N) is 2. The highest BCUT2D eigenvalue weighted by Crippen LogP contribution is 2.32. The molecule has 0 atom stereocenters. The molecule has 2 heterocycles. The third-order valence-electron chi connectivity index (χ3n) is 3.43. The first-order valence-electron chi connectivity index (χ1n) is 7.35. The molecule has 4 nitrogen and oxygen atoms in total. The average molecular weight is 303 g/mol. The van der Waals surface area contributed by atoms with Gasteiger partial charge in [0.1, 0.15) is 0 Å². The second kappa shape index (κ2) is 5.72. The van der Waals surface area contributed by atoms with E-state index in [0.717, 1.165) is 36.5 Å². The molecule has 1 aliphatic heterocycles. The van der Waals surface area contributed by atoms with Crippen LogP contribution in [-0.2, 0) is 12.2 Å². The van der Waals surface area contributed by atoms with Gasteiger partial charge in [-0.25, -0.2) is 0 Å². The minimum Gasteiger partial charge on any atom is -0.385 e. The highest BCUT2D eigenvalue weighted by Gasteiger charge is 2.19. The largest absolute Gasteiger partial charge is 0.385 e. The van der Waals surface area contributed by atoms with Crippen molar-refractivity contribution in [2.75, 3.05) is 11.9 Å². The van der Waals surface area contributed by atoms with Gasteiger partial charge in [-0.15, -0.1) is 11.8 Å². The molecular weight excluding hydrogens is 282 g/mol. The summed E-state index contributed by atoms with van der Waals surface area (Å²) in [6.07, 6.45) is 2.21. The van der Waals surface area contributed by atoms with Gasteiger partial charge in [0.25, 0.3) is 5.89 Å². The molecule has 3 rings (SSSR count). The van der Waals surface area contributed by atoms with Crippen molar-refractivity contribution >= 4 is 17.4 Å². The number of aromatic nitrogens is 2. The molecule has 112 valence electrons. The lowest BCUT2D eigenvalue weighted by molar-refractivity contribution is 0.424. The third-order valence-corrected chi connectivity index (χ3v) is 4.70. The first-order chi connectivity index (χ1) is 10.0. The number of hydrogen-bond donors (Lipinski definition) is 1. The molecule has 0 spiro atoms. The maximum absolute atomic E-state index is 5.48. The average Bonchev–Trinajstić information content (AvgIpc) is 2.92. The molecule has 0 bridgehead atoms. The van der Waals surface area contributed by atoms with Crippen molar-refractivity contribution in [3.05, 3.63) is 29.6 Å². The van der Waals surface area contributed by atoms with E-state index in [2.05, 4.69) is 48.4 Å². The Balaban J connectivity index is 1.83. The summed E-state index contributed by atoms with van der Waals surface area (Å²) in [4.78, 5) is 4.57. The fraction of sp³-hybridized carbons (Fsp3) is 0.500. The first kappa shape index (κ1) is 14.4. The summed E-state index contributed by atoms with van der Waals surface area (Å²) < 4.78 is 5.68. The van der Waals surface area contributed by atoms with Gasteiger partial charge in [0.2, 0.25) is 0 Å². The second-order valence-corrected chi connectivity index (χ2v) is 8.08. The van der Waals surface area contributed by atoms with Crippen molar-refractivity contribution in [2.24, 2.45) is 0 Å². The molecule has 1 aliphatic rings. The molecule has 0 aliphatic carbocycles. The number of thioether (sulfide) groups is 1. The van der Waals surface area contributed by atoms with Gasteiger partial charge in [-0.1, -0.05) is 32.0 Å². The van der Waals surface area contributed by atoms with Gasteiger partial charge in [-0.05, 0) is 30.5 Å². The SMILES string of the molecule is CC(C)(C)SCc1noc(-c2cccc3c2CCCN3)n1. The van der Waals surface area contributed by atoms with Crippen molar-refractivity contribution in [2.45, 2.75) is 44.1 Å². The third kappa shape index (κ3) is 3.40. The fourth-order valence-electron chi connectivity index (χ4n) is 2.41. The van der Waals surface area contributed by atoms with Crippen LogP contribution in [0.5, 0.6) is 0 Å². The van der Waals surface area contributed by atoms with Crippen molar-refractivity contribution < 1.29 is 4.52 Å². The van der Waals surface area contributed by atoms with Gasteiger partial charge in [0, 0.05) is 22.5 Å². The van der Waals surface area contributed by atoms with E-state index >= 15 is 0 Å². The molecule has 0 saturated carbocycles. The zero-order chi connectivity index (χ0) is 14.9. The number of fused-ring (bicyclic) bond motifs is 1. The Morgan fingerprint density at radius 1 is 1.33 bits per heavy atom. The Morgan fingerprint density at radius 3 is 3.00 bits per heavy atom. The van der Waals surface area contributed by atoms with Gasteiger partial charge < -0.3 is 9.84 Å². The van der Waals surface area contributed by atoms with Crippen molar-refractivity contribution in [1.29, 1.82) is 0 Å². The molecule has 1 aromatic heterocycles. The summed E-state index contributed by atoms with van der Waals surface area (Å²) >= 11 is 1.83. The normalized spacial score (nSPS) is 14.6. The Bertz CT molecular complexity index is 631. The molecule has 1 aromatic carbocycles. The highest BCUT2D eigenvalue weighted by atomic mass is 32.2. The van der Waals surface area contributed by atoms with E-state index in [0.29, 0.717) is 5.89 Å².